The summed E-state index contributed by atoms with van der Waals surface area (Å²) < 4.78 is 40.5. The van der Waals surface area contributed by atoms with Crippen LogP contribution in [0.5, 0.6) is 0 Å². The van der Waals surface area contributed by atoms with Gasteiger partial charge in [-0.3, -0.25) is 19.9 Å². The van der Waals surface area contributed by atoms with Crippen molar-refractivity contribution >= 4 is 16.9 Å². The van der Waals surface area contributed by atoms with E-state index in [1.165, 1.54) is 16.9 Å². The molecule has 0 spiro atoms. The third kappa shape index (κ3) is 3.96. The minimum atomic E-state index is -4.55. The van der Waals surface area contributed by atoms with Crippen LogP contribution in [0.2, 0.25) is 0 Å². The van der Waals surface area contributed by atoms with Crippen molar-refractivity contribution in [1.82, 2.24) is 24.6 Å². The second kappa shape index (κ2) is 7.78. The van der Waals surface area contributed by atoms with E-state index >= 15 is 0 Å². The Bertz CT molecular complexity index is 1270. The van der Waals surface area contributed by atoms with Crippen molar-refractivity contribution in [2.75, 3.05) is 5.43 Å². The van der Waals surface area contributed by atoms with Crippen molar-refractivity contribution in [3.05, 3.63) is 71.4 Å². The number of pyridine rings is 2. The monoisotopic (exact) mass is 426 g/mol. The average Bonchev–Trinajstić information content (AvgIpc) is 3.10. The quantitative estimate of drug-likeness (QED) is 0.530. The third-order valence-corrected chi connectivity index (χ3v) is 4.73. The van der Waals surface area contributed by atoms with E-state index in [-0.39, 0.29) is 11.1 Å². The summed E-state index contributed by atoms with van der Waals surface area (Å²) in [6, 6.07) is 7.52. The molecule has 0 aliphatic rings. The van der Waals surface area contributed by atoms with Crippen molar-refractivity contribution in [3.63, 3.8) is 0 Å². The van der Waals surface area contributed by atoms with E-state index in [4.69, 9.17) is 0 Å². The molecule has 0 saturated carbocycles. The molecule has 4 aromatic heterocycles. The molecule has 1 amide bonds. The number of aryl methyl sites for hydroxylation is 2. The third-order valence-electron chi connectivity index (χ3n) is 4.73. The topological polar surface area (TPSA) is 85.6 Å². The predicted octanol–water partition coefficient (Wildman–Crippen LogP) is 4.16. The molecule has 158 valence electrons. The van der Waals surface area contributed by atoms with Gasteiger partial charge in [0.25, 0.3) is 5.91 Å². The van der Waals surface area contributed by atoms with Gasteiger partial charge in [0.15, 0.2) is 5.82 Å². The molecule has 0 aromatic carbocycles. The lowest BCUT2D eigenvalue weighted by Crippen LogP contribution is -2.23. The van der Waals surface area contributed by atoms with Gasteiger partial charge in [-0.2, -0.15) is 13.2 Å². The summed E-state index contributed by atoms with van der Waals surface area (Å²) >= 11 is 0. The van der Waals surface area contributed by atoms with Crippen LogP contribution in [0.3, 0.4) is 0 Å². The number of nitrogens with zero attached hydrogens (tertiary/aromatic N) is 5. The summed E-state index contributed by atoms with van der Waals surface area (Å²) in [6.45, 7) is 3.47. The molecule has 1 N–H and O–H groups in total. The molecule has 0 unspecified atom stereocenters. The van der Waals surface area contributed by atoms with Gasteiger partial charge in [0.1, 0.15) is 11.4 Å². The highest BCUT2D eigenvalue weighted by Gasteiger charge is 2.33. The van der Waals surface area contributed by atoms with Crippen LogP contribution in [-0.2, 0) is 12.6 Å². The smallest absolute Gasteiger partial charge is 0.267 e. The van der Waals surface area contributed by atoms with E-state index in [1.54, 1.807) is 38.4 Å². The molecule has 4 rings (SSSR count). The zero-order valence-electron chi connectivity index (χ0n) is 16.6. The summed E-state index contributed by atoms with van der Waals surface area (Å²) in [7, 11) is 0. The zero-order valence-corrected chi connectivity index (χ0v) is 16.6. The summed E-state index contributed by atoms with van der Waals surface area (Å²) in [5.41, 5.74) is 4.09. The minimum absolute atomic E-state index is 0.191. The normalized spacial score (nSPS) is 11.6. The van der Waals surface area contributed by atoms with Gasteiger partial charge in [-0.25, -0.2) is 15.0 Å². The number of hydrogen-bond donors (Lipinski definition) is 1. The molecular formula is C21H17F3N6O. The summed E-state index contributed by atoms with van der Waals surface area (Å²) in [4.78, 5) is 29.3. The van der Waals surface area contributed by atoms with Gasteiger partial charge in [-0.15, -0.1) is 0 Å². The Morgan fingerprint density at radius 2 is 1.94 bits per heavy atom. The van der Waals surface area contributed by atoms with Crippen molar-refractivity contribution in [3.8, 4) is 11.5 Å². The van der Waals surface area contributed by atoms with Gasteiger partial charge in [0.05, 0.1) is 22.3 Å². The highest BCUT2D eigenvalue weighted by Crippen LogP contribution is 2.30. The number of fused-ring (bicyclic) bond motifs is 1. The number of alkyl halides is 3. The first kappa shape index (κ1) is 20.5. The number of rotatable bonds is 4. The van der Waals surface area contributed by atoms with Crippen LogP contribution >= 0.6 is 0 Å². The number of hydrogen-bond acceptors (Lipinski definition) is 5. The fourth-order valence-electron chi connectivity index (χ4n) is 3.16. The lowest BCUT2D eigenvalue weighted by molar-refractivity contribution is -0.140. The molecule has 4 heterocycles. The Balaban J connectivity index is 1.66. The van der Waals surface area contributed by atoms with Crippen LogP contribution in [-0.4, -0.2) is 30.5 Å². The summed E-state index contributed by atoms with van der Waals surface area (Å²) in [5, 5.41) is 0. The maximum atomic E-state index is 13.0. The van der Waals surface area contributed by atoms with Gasteiger partial charge >= 0.3 is 6.18 Å². The Hall–Kier alpha value is -3.82. The maximum absolute atomic E-state index is 13.0. The molecule has 0 radical (unpaired) electrons. The van der Waals surface area contributed by atoms with E-state index in [2.05, 4.69) is 25.4 Å². The number of nitrogens with one attached hydrogen (secondary N) is 1. The molecule has 10 heteroatoms. The molecule has 0 atom stereocenters. The van der Waals surface area contributed by atoms with Crippen LogP contribution < -0.4 is 5.43 Å². The van der Waals surface area contributed by atoms with Crippen molar-refractivity contribution < 1.29 is 18.0 Å². The number of amides is 1. The van der Waals surface area contributed by atoms with E-state index in [0.717, 1.165) is 6.07 Å². The first-order valence-corrected chi connectivity index (χ1v) is 9.42. The molecular weight excluding hydrogens is 409 g/mol. The van der Waals surface area contributed by atoms with Crippen LogP contribution in [0, 0.1) is 6.92 Å². The van der Waals surface area contributed by atoms with Crippen LogP contribution in [0.1, 0.15) is 34.2 Å². The Morgan fingerprint density at radius 3 is 2.58 bits per heavy atom. The Labute approximate surface area is 175 Å². The number of carbonyl (C=O) groups is 1. The van der Waals surface area contributed by atoms with E-state index in [1.807, 2.05) is 6.07 Å². The van der Waals surface area contributed by atoms with E-state index in [9.17, 15) is 18.0 Å². The Kier molecular flexibility index (Phi) is 5.14. The molecule has 0 aliphatic carbocycles. The highest BCUT2D eigenvalue weighted by atomic mass is 19.4. The fourth-order valence-corrected chi connectivity index (χ4v) is 3.16. The van der Waals surface area contributed by atoms with E-state index in [0.29, 0.717) is 34.7 Å². The lowest BCUT2D eigenvalue weighted by atomic mass is 10.2. The maximum Gasteiger partial charge on any atom is 0.433 e. The second-order valence-electron chi connectivity index (χ2n) is 6.79. The molecule has 0 aliphatic heterocycles. The molecule has 0 bridgehead atoms. The van der Waals surface area contributed by atoms with Crippen molar-refractivity contribution in [2.45, 2.75) is 26.4 Å². The minimum Gasteiger partial charge on any atom is -0.267 e. The average molecular weight is 426 g/mol. The van der Waals surface area contributed by atoms with Crippen LogP contribution in [0.25, 0.3) is 22.6 Å². The van der Waals surface area contributed by atoms with Crippen molar-refractivity contribution in [2.24, 2.45) is 0 Å². The fraction of sp³-hybridized carbons (Fsp3) is 0.190. The second-order valence-corrected chi connectivity index (χ2v) is 6.79. The molecule has 31 heavy (non-hydrogen) atoms. The van der Waals surface area contributed by atoms with Gasteiger partial charge < -0.3 is 0 Å². The Morgan fingerprint density at radius 1 is 1.13 bits per heavy atom. The number of halogens is 3. The summed E-state index contributed by atoms with van der Waals surface area (Å²) in [5.74, 6) is -0.109. The van der Waals surface area contributed by atoms with Crippen molar-refractivity contribution in [1.29, 1.82) is 0 Å². The molecule has 0 fully saturated rings. The van der Waals surface area contributed by atoms with Crippen LogP contribution in [0.4, 0.5) is 13.2 Å². The zero-order chi connectivity index (χ0) is 22.2. The largest absolute Gasteiger partial charge is 0.433 e. The summed E-state index contributed by atoms with van der Waals surface area (Å²) in [6.07, 6.45) is 0.487. The van der Waals surface area contributed by atoms with E-state index < -0.39 is 17.8 Å². The first-order valence-electron chi connectivity index (χ1n) is 9.42. The van der Waals surface area contributed by atoms with Gasteiger partial charge in [0.2, 0.25) is 0 Å². The van der Waals surface area contributed by atoms with Gasteiger partial charge in [0, 0.05) is 18.6 Å². The molecule has 4 aromatic rings. The lowest BCUT2D eigenvalue weighted by Gasteiger charge is -2.10. The van der Waals surface area contributed by atoms with Crippen LogP contribution in [0.15, 0.2) is 48.9 Å². The SMILES string of the molecule is CCc1cn(NC(=O)c2cnc(-c3ccccn3)nc2C)c2ccc(C(F)(F)F)nc12. The number of aromatic nitrogens is 5. The molecule has 0 saturated heterocycles. The standard InChI is InChI=1S/C21H17F3N6O/c1-3-13-11-30(16-7-8-17(21(22,23)24)28-18(13)16)29-20(31)14-10-26-19(27-12(14)2)15-6-4-5-9-25-15/h4-11H,3H2,1-2H3,(H,29,31). The predicted molar refractivity (Wildman–Crippen MR) is 108 cm³/mol. The van der Waals surface area contributed by atoms with Gasteiger partial charge in [-0.1, -0.05) is 13.0 Å². The van der Waals surface area contributed by atoms with Gasteiger partial charge in [-0.05, 0) is 43.2 Å². The molecule has 7 nitrogen and oxygen atoms in total. The first-order chi connectivity index (χ1) is 14.8. The number of carbonyl (C=O) groups excluding carboxylic acids is 1. The highest BCUT2D eigenvalue weighted by molar-refractivity contribution is 6.01.